The Morgan fingerprint density at radius 3 is 2.64 bits per heavy atom. The second-order valence-electron chi connectivity index (χ2n) is 5.84. The van der Waals surface area contributed by atoms with Gasteiger partial charge in [-0.1, -0.05) is 30.3 Å². The van der Waals surface area contributed by atoms with Crippen LogP contribution in [0.2, 0.25) is 0 Å². The van der Waals surface area contributed by atoms with E-state index in [9.17, 15) is 4.79 Å². The minimum Gasteiger partial charge on any atom is -0.457 e. The number of ether oxygens (including phenoxy) is 1. The van der Waals surface area contributed by atoms with Crippen LogP contribution in [-0.4, -0.2) is 21.7 Å². The third kappa shape index (κ3) is 4.70. The third-order valence-electron chi connectivity index (χ3n) is 3.83. The number of hydrogen-bond donors (Lipinski definition) is 1. The molecule has 0 radical (unpaired) electrons. The zero-order chi connectivity index (χ0) is 17.5. The molecule has 0 saturated carbocycles. The van der Waals surface area contributed by atoms with E-state index < -0.39 is 0 Å². The van der Waals surface area contributed by atoms with Crippen LogP contribution in [-0.2, 0) is 6.54 Å². The summed E-state index contributed by atoms with van der Waals surface area (Å²) in [7, 11) is 0. The minimum atomic E-state index is -0.139. The van der Waals surface area contributed by atoms with Crippen LogP contribution in [0.5, 0.6) is 11.5 Å². The van der Waals surface area contributed by atoms with E-state index in [1.165, 1.54) is 0 Å². The van der Waals surface area contributed by atoms with Crippen molar-refractivity contribution in [2.24, 2.45) is 0 Å². The van der Waals surface area contributed by atoms with Gasteiger partial charge in [-0.05, 0) is 43.7 Å². The number of hydrogen-bond acceptors (Lipinski definition) is 3. The van der Waals surface area contributed by atoms with Crippen molar-refractivity contribution in [1.29, 1.82) is 0 Å². The number of rotatable bonds is 7. The van der Waals surface area contributed by atoms with Crippen molar-refractivity contribution in [2.45, 2.75) is 25.9 Å². The fourth-order valence-electron chi connectivity index (χ4n) is 2.49. The van der Waals surface area contributed by atoms with Crippen LogP contribution in [0.25, 0.3) is 0 Å². The number of aromatic nitrogens is 2. The highest BCUT2D eigenvalue weighted by Crippen LogP contribution is 2.25. The second kappa shape index (κ2) is 8.15. The van der Waals surface area contributed by atoms with E-state index in [0.717, 1.165) is 13.0 Å². The quantitative estimate of drug-likeness (QED) is 0.713. The standard InChI is InChI=1S/C20H21N3O2/c1-16(12-15-23-14-7-13-21-23)22-20(24)18-10-5-6-11-19(18)25-17-8-3-2-4-9-17/h2-11,13-14,16H,12,15H2,1H3,(H,22,24)/t16-/m1/s1. The Morgan fingerprint density at radius 1 is 1.12 bits per heavy atom. The third-order valence-corrected chi connectivity index (χ3v) is 3.83. The summed E-state index contributed by atoms with van der Waals surface area (Å²) < 4.78 is 7.71. The van der Waals surface area contributed by atoms with Crippen LogP contribution in [0, 0.1) is 0 Å². The molecule has 0 fully saturated rings. The second-order valence-corrected chi connectivity index (χ2v) is 5.84. The van der Waals surface area contributed by atoms with Crippen LogP contribution < -0.4 is 10.1 Å². The van der Waals surface area contributed by atoms with Crippen molar-refractivity contribution >= 4 is 5.91 Å². The molecule has 0 aliphatic carbocycles. The Bertz CT molecular complexity index is 801. The Kier molecular flexibility index (Phi) is 5.46. The molecule has 1 atom stereocenters. The van der Waals surface area contributed by atoms with Gasteiger partial charge in [0.15, 0.2) is 0 Å². The molecule has 0 aliphatic heterocycles. The van der Waals surface area contributed by atoms with Gasteiger partial charge in [0.1, 0.15) is 11.5 Å². The molecule has 25 heavy (non-hydrogen) atoms. The van der Waals surface area contributed by atoms with Crippen molar-refractivity contribution < 1.29 is 9.53 Å². The summed E-state index contributed by atoms with van der Waals surface area (Å²) in [6.45, 7) is 2.75. The van der Waals surface area contributed by atoms with Crippen molar-refractivity contribution in [3.8, 4) is 11.5 Å². The number of carbonyl (C=O) groups excluding carboxylic acids is 1. The van der Waals surface area contributed by atoms with Crippen molar-refractivity contribution in [3.63, 3.8) is 0 Å². The first kappa shape index (κ1) is 16.8. The molecule has 0 bridgehead atoms. The van der Waals surface area contributed by atoms with Gasteiger partial charge < -0.3 is 10.1 Å². The Hall–Kier alpha value is -3.08. The number of aryl methyl sites for hydroxylation is 1. The molecule has 0 spiro atoms. The first-order valence-corrected chi connectivity index (χ1v) is 8.32. The number of para-hydroxylation sites is 2. The number of amides is 1. The lowest BCUT2D eigenvalue weighted by Gasteiger charge is -2.16. The van der Waals surface area contributed by atoms with Gasteiger partial charge in [-0.3, -0.25) is 9.48 Å². The van der Waals surface area contributed by atoms with Crippen molar-refractivity contribution in [2.75, 3.05) is 0 Å². The lowest BCUT2D eigenvalue weighted by Crippen LogP contribution is -2.33. The van der Waals surface area contributed by atoms with Crippen LogP contribution in [0.1, 0.15) is 23.7 Å². The smallest absolute Gasteiger partial charge is 0.255 e. The van der Waals surface area contributed by atoms with E-state index in [-0.39, 0.29) is 11.9 Å². The van der Waals surface area contributed by atoms with Gasteiger partial charge in [0.25, 0.3) is 5.91 Å². The average molecular weight is 335 g/mol. The Labute approximate surface area is 147 Å². The maximum Gasteiger partial charge on any atom is 0.255 e. The van der Waals surface area contributed by atoms with E-state index in [4.69, 9.17) is 4.74 Å². The average Bonchev–Trinajstić information content (AvgIpc) is 3.15. The van der Waals surface area contributed by atoms with Crippen LogP contribution in [0.15, 0.2) is 73.1 Å². The molecule has 2 aromatic carbocycles. The maximum absolute atomic E-state index is 12.6. The molecule has 5 nitrogen and oxygen atoms in total. The molecule has 1 amide bonds. The maximum atomic E-state index is 12.6. The van der Waals surface area contributed by atoms with E-state index in [2.05, 4.69) is 10.4 Å². The summed E-state index contributed by atoms with van der Waals surface area (Å²) in [5.41, 5.74) is 0.525. The predicted molar refractivity (Wildman–Crippen MR) is 96.7 cm³/mol. The minimum absolute atomic E-state index is 0.0291. The fraction of sp³-hybridized carbons (Fsp3) is 0.200. The van der Waals surface area contributed by atoms with E-state index in [1.807, 2.05) is 66.3 Å². The zero-order valence-electron chi connectivity index (χ0n) is 14.1. The summed E-state index contributed by atoms with van der Waals surface area (Å²) >= 11 is 0. The van der Waals surface area contributed by atoms with Gasteiger partial charge in [-0.2, -0.15) is 5.10 Å². The molecule has 1 heterocycles. The molecule has 1 aromatic heterocycles. The molecule has 3 aromatic rings. The molecule has 0 unspecified atom stereocenters. The number of nitrogens with one attached hydrogen (secondary N) is 1. The summed E-state index contributed by atoms with van der Waals surface area (Å²) in [4.78, 5) is 12.6. The molecule has 3 rings (SSSR count). The lowest BCUT2D eigenvalue weighted by molar-refractivity contribution is 0.0935. The summed E-state index contributed by atoms with van der Waals surface area (Å²) in [5.74, 6) is 1.11. The molecular formula is C20H21N3O2. The molecule has 128 valence electrons. The van der Waals surface area contributed by atoms with Crippen LogP contribution in [0.4, 0.5) is 0 Å². The van der Waals surface area contributed by atoms with Crippen LogP contribution in [0.3, 0.4) is 0 Å². The summed E-state index contributed by atoms with van der Waals surface area (Å²) in [6, 6.07) is 18.6. The zero-order valence-corrected chi connectivity index (χ0v) is 14.1. The van der Waals surface area contributed by atoms with Crippen LogP contribution >= 0.6 is 0 Å². The number of benzene rings is 2. The van der Waals surface area contributed by atoms with E-state index >= 15 is 0 Å². The molecule has 0 saturated heterocycles. The van der Waals surface area contributed by atoms with Crippen molar-refractivity contribution in [3.05, 3.63) is 78.6 Å². The topological polar surface area (TPSA) is 56.2 Å². The van der Waals surface area contributed by atoms with E-state index in [1.54, 1.807) is 18.3 Å². The fourth-order valence-corrected chi connectivity index (χ4v) is 2.49. The van der Waals surface area contributed by atoms with Gasteiger partial charge in [-0.15, -0.1) is 0 Å². The number of carbonyl (C=O) groups is 1. The van der Waals surface area contributed by atoms with Crippen molar-refractivity contribution in [1.82, 2.24) is 15.1 Å². The lowest BCUT2D eigenvalue weighted by atomic mass is 10.1. The van der Waals surface area contributed by atoms with Gasteiger partial charge in [-0.25, -0.2) is 0 Å². The molecular weight excluding hydrogens is 314 g/mol. The van der Waals surface area contributed by atoms with Gasteiger partial charge in [0.2, 0.25) is 0 Å². The SMILES string of the molecule is C[C@H](CCn1cccn1)NC(=O)c1ccccc1Oc1ccccc1. The molecule has 5 heteroatoms. The highest BCUT2D eigenvalue weighted by Gasteiger charge is 2.15. The van der Waals surface area contributed by atoms with Gasteiger partial charge >= 0.3 is 0 Å². The molecule has 1 N–H and O–H groups in total. The Balaban J connectivity index is 1.63. The largest absolute Gasteiger partial charge is 0.457 e. The Morgan fingerprint density at radius 2 is 1.88 bits per heavy atom. The number of nitrogens with zero attached hydrogens (tertiary/aromatic N) is 2. The van der Waals surface area contributed by atoms with E-state index in [0.29, 0.717) is 17.1 Å². The highest BCUT2D eigenvalue weighted by atomic mass is 16.5. The molecule has 0 aliphatic rings. The summed E-state index contributed by atoms with van der Waals surface area (Å²) in [5, 5.41) is 7.20. The first-order chi connectivity index (χ1) is 12.2. The normalized spacial score (nSPS) is 11.7. The summed E-state index contributed by atoms with van der Waals surface area (Å²) in [6.07, 6.45) is 4.47. The van der Waals surface area contributed by atoms with Gasteiger partial charge in [0.05, 0.1) is 5.56 Å². The first-order valence-electron chi connectivity index (χ1n) is 8.32. The predicted octanol–water partition coefficient (Wildman–Crippen LogP) is 3.88. The van der Waals surface area contributed by atoms with Gasteiger partial charge in [0, 0.05) is 25.0 Å². The highest BCUT2D eigenvalue weighted by molar-refractivity contribution is 5.97. The monoisotopic (exact) mass is 335 g/mol.